The Labute approximate surface area is 195 Å². The Morgan fingerprint density at radius 2 is 1.59 bits per heavy atom. The van der Waals surface area contributed by atoms with E-state index < -0.39 is 27.8 Å². The number of hydrogen-bond acceptors (Lipinski definition) is 4. The average molecular weight is 490 g/mol. The summed E-state index contributed by atoms with van der Waals surface area (Å²) in [5.41, 5.74) is 0.209. The minimum absolute atomic E-state index is 0.189. The van der Waals surface area contributed by atoms with Gasteiger partial charge in [-0.3, -0.25) is 9.10 Å². The third-order valence-electron chi connectivity index (χ3n) is 6.46. The predicted molar refractivity (Wildman–Crippen MR) is 123 cm³/mol. The van der Waals surface area contributed by atoms with E-state index in [1.165, 1.54) is 10.4 Å². The van der Waals surface area contributed by atoms with Crippen LogP contribution in [0.25, 0.3) is 10.8 Å². The zero-order valence-electron chi connectivity index (χ0n) is 18.3. The number of hydrogen-bond donors (Lipinski definition) is 0. The fourth-order valence-corrected chi connectivity index (χ4v) is 6.63. The average Bonchev–Trinajstić information content (AvgIpc) is 3.06. The third-order valence-corrected chi connectivity index (χ3v) is 8.38. The van der Waals surface area contributed by atoms with Crippen molar-refractivity contribution in [1.29, 1.82) is 0 Å². The second-order valence-electron chi connectivity index (χ2n) is 8.47. The summed E-state index contributed by atoms with van der Waals surface area (Å²) in [6.07, 6.45) is -4.43. The number of nitrogens with zero attached hydrogens (tertiary/aromatic N) is 3. The van der Waals surface area contributed by atoms with Crippen molar-refractivity contribution in [3.63, 3.8) is 0 Å². The Kier molecular flexibility index (Phi) is 5.23. The zero-order valence-corrected chi connectivity index (χ0v) is 19.1. The molecule has 0 unspecified atom stereocenters. The first-order valence-electron chi connectivity index (χ1n) is 10.9. The molecular formula is C24H22F3N3O3S. The first kappa shape index (κ1) is 22.5. The van der Waals surface area contributed by atoms with Crippen LogP contribution in [0.2, 0.25) is 0 Å². The van der Waals surface area contributed by atoms with E-state index in [2.05, 4.69) is 0 Å². The topological polar surface area (TPSA) is 60.9 Å². The minimum Gasteiger partial charge on any atom is -0.368 e. The number of alkyl halides is 3. The van der Waals surface area contributed by atoms with E-state index in [0.29, 0.717) is 29.9 Å². The molecule has 2 aliphatic rings. The first-order valence-corrected chi connectivity index (χ1v) is 12.3. The molecule has 34 heavy (non-hydrogen) atoms. The summed E-state index contributed by atoms with van der Waals surface area (Å²) in [5, 5.41) is 1.40. The summed E-state index contributed by atoms with van der Waals surface area (Å²) in [4.78, 5) is 16.9. The molecule has 0 N–H and O–H groups in total. The SMILES string of the molecule is C[C@H](C(=O)N1CCN(c2cccc(C(F)(F)F)c2)CC1)N1c2cccc3cccc(c23)S1(=O)=O. The maximum Gasteiger partial charge on any atom is 0.416 e. The van der Waals surface area contributed by atoms with E-state index in [1.807, 2.05) is 12.1 Å². The molecule has 0 bridgehead atoms. The van der Waals surface area contributed by atoms with Crippen LogP contribution in [0, 0.1) is 0 Å². The number of carbonyl (C=O) groups is 1. The van der Waals surface area contributed by atoms with Gasteiger partial charge in [-0.1, -0.05) is 30.3 Å². The number of carbonyl (C=O) groups excluding carboxylic acids is 1. The van der Waals surface area contributed by atoms with E-state index in [9.17, 15) is 26.4 Å². The second kappa shape index (κ2) is 7.90. The van der Waals surface area contributed by atoms with E-state index in [1.54, 1.807) is 47.1 Å². The van der Waals surface area contributed by atoms with Crippen molar-refractivity contribution in [3.8, 4) is 0 Å². The lowest BCUT2D eigenvalue weighted by Crippen LogP contribution is -2.54. The highest BCUT2D eigenvalue weighted by atomic mass is 32.2. The number of benzene rings is 3. The summed E-state index contributed by atoms with van der Waals surface area (Å²) in [6, 6.07) is 14.5. The van der Waals surface area contributed by atoms with Gasteiger partial charge in [-0.2, -0.15) is 13.2 Å². The Morgan fingerprint density at radius 3 is 2.26 bits per heavy atom. The molecule has 1 atom stereocenters. The highest BCUT2D eigenvalue weighted by molar-refractivity contribution is 7.93. The van der Waals surface area contributed by atoms with Gasteiger partial charge in [-0.15, -0.1) is 0 Å². The molecule has 1 saturated heterocycles. The van der Waals surface area contributed by atoms with Crippen LogP contribution in [0.3, 0.4) is 0 Å². The van der Waals surface area contributed by atoms with E-state index in [-0.39, 0.29) is 23.9 Å². The molecule has 2 aliphatic heterocycles. The number of halogens is 3. The molecule has 0 aliphatic carbocycles. The maximum atomic E-state index is 13.3. The van der Waals surface area contributed by atoms with Gasteiger partial charge in [0.1, 0.15) is 6.04 Å². The summed E-state index contributed by atoms with van der Waals surface area (Å²) >= 11 is 0. The van der Waals surface area contributed by atoms with Gasteiger partial charge < -0.3 is 9.80 Å². The molecule has 1 fully saturated rings. The van der Waals surface area contributed by atoms with Crippen LogP contribution < -0.4 is 9.21 Å². The fraction of sp³-hybridized carbons (Fsp3) is 0.292. The standard InChI is InChI=1S/C24H22F3N3O3S/c1-16(30-20-9-2-5-17-6-3-10-21(22(17)20)34(30,32)33)23(31)29-13-11-28(12-14-29)19-8-4-7-18(15-19)24(25,26)27/h2-10,15-16H,11-14H2,1H3/t16-/m1/s1. The van der Waals surface area contributed by atoms with Gasteiger partial charge in [0.15, 0.2) is 0 Å². The van der Waals surface area contributed by atoms with E-state index in [4.69, 9.17) is 0 Å². The highest BCUT2D eigenvalue weighted by Crippen LogP contribution is 2.43. The number of amides is 1. The summed E-state index contributed by atoms with van der Waals surface area (Å²) < 4.78 is 67.0. The van der Waals surface area contributed by atoms with Crippen molar-refractivity contribution in [2.75, 3.05) is 35.4 Å². The zero-order chi connectivity index (χ0) is 24.3. The Morgan fingerprint density at radius 1 is 0.941 bits per heavy atom. The van der Waals surface area contributed by atoms with Gasteiger partial charge in [0.05, 0.1) is 16.1 Å². The number of rotatable bonds is 3. The van der Waals surface area contributed by atoms with Crippen molar-refractivity contribution in [3.05, 3.63) is 66.2 Å². The molecule has 0 spiro atoms. The molecule has 1 amide bonds. The molecule has 6 nitrogen and oxygen atoms in total. The monoisotopic (exact) mass is 489 g/mol. The predicted octanol–water partition coefficient (Wildman–Crippen LogP) is 4.10. The quantitative estimate of drug-likeness (QED) is 0.556. The largest absolute Gasteiger partial charge is 0.416 e. The van der Waals surface area contributed by atoms with Gasteiger partial charge in [0.2, 0.25) is 5.91 Å². The number of anilines is 2. The molecule has 0 saturated carbocycles. The molecule has 178 valence electrons. The van der Waals surface area contributed by atoms with Crippen molar-refractivity contribution >= 4 is 38.1 Å². The number of piperazine rings is 1. The van der Waals surface area contributed by atoms with E-state index >= 15 is 0 Å². The molecule has 3 aromatic rings. The summed E-state index contributed by atoms with van der Waals surface area (Å²) in [6.45, 7) is 2.84. The molecule has 2 heterocycles. The van der Waals surface area contributed by atoms with Gasteiger partial charge >= 0.3 is 6.18 Å². The molecule has 0 aromatic heterocycles. The molecule has 5 rings (SSSR count). The lowest BCUT2D eigenvalue weighted by Gasteiger charge is -2.38. The summed E-state index contributed by atoms with van der Waals surface area (Å²) in [7, 11) is -3.89. The normalized spacial score (nSPS) is 18.4. The number of sulfonamides is 1. The van der Waals surface area contributed by atoms with Gasteiger partial charge in [0.25, 0.3) is 10.0 Å². The van der Waals surface area contributed by atoms with Gasteiger partial charge in [-0.25, -0.2) is 8.42 Å². The van der Waals surface area contributed by atoms with Crippen LogP contribution in [0.1, 0.15) is 12.5 Å². The van der Waals surface area contributed by atoms with Crippen molar-refractivity contribution in [2.24, 2.45) is 0 Å². The third kappa shape index (κ3) is 3.56. The smallest absolute Gasteiger partial charge is 0.368 e. The second-order valence-corrected chi connectivity index (χ2v) is 10.3. The Hall–Kier alpha value is -3.27. The van der Waals surface area contributed by atoms with E-state index in [0.717, 1.165) is 17.5 Å². The Bertz CT molecular complexity index is 1380. The van der Waals surface area contributed by atoms with Crippen molar-refractivity contribution < 1.29 is 26.4 Å². The first-order chi connectivity index (χ1) is 16.1. The molecule has 3 aromatic carbocycles. The Balaban J connectivity index is 1.34. The molecule has 10 heteroatoms. The lowest BCUT2D eigenvalue weighted by molar-refractivity contribution is -0.137. The van der Waals surface area contributed by atoms with Crippen LogP contribution in [0.15, 0.2) is 65.6 Å². The van der Waals surface area contributed by atoms with Gasteiger partial charge in [0, 0.05) is 37.3 Å². The van der Waals surface area contributed by atoms with Gasteiger partial charge in [-0.05, 0) is 42.6 Å². The minimum atomic E-state index is -4.43. The van der Waals surface area contributed by atoms with Crippen LogP contribution >= 0.6 is 0 Å². The molecular weight excluding hydrogens is 467 g/mol. The summed E-state index contributed by atoms with van der Waals surface area (Å²) in [5.74, 6) is -0.336. The van der Waals surface area contributed by atoms with Crippen molar-refractivity contribution in [2.45, 2.75) is 24.0 Å². The van der Waals surface area contributed by atoms with Crippen LogP contribution in [-0.2, 0) is 21.0 Å². The van der Waals surface area contributed by atoms with Crippen LogP contribution in [0.5, 0.6) is 0 Å². The van der Waals surface area contributed by atoms with Crippen LogP contribution in [0.4, 0.5) is 24.5 Å². The maximum absolute atomic E-state index is 13.3. The highest BCUT2D eigenvalue weighted by Gasteiger charge is 2.42. The molecule has 0 radical (unpaired) electrons. The fourth-order valence-electron chi connectivity index (χ4n) is 4.77. The lowest BCUT2D eigenvalue weighted by atomic mass is 10.1. The van der Waals surface area contributed by atoms with Crippen LogP contribution in [-0.4, -0.2) is 51.4 Å². The van der Waals surface area contributed by atoms with Crippen molar-refractivity contribution in [1.82, 2.24) is 4.90 Å².